The summed E-state index contributed by atoms with van der Waals surface area (Å²) in [6.45, 7) is 4.08. The molecular weight excluding hydrogens is 386 g/mol. The molecule has 0 aromatic heterocycles. The summed E-state index contributed by atoms with van der Waals surface area (Å²) in [4.78, 5) is 14.8. The summed E-state index contributed by atoms with van der Waals surface area (Å²) in [6, 6.07) is 13.1. The fraction of sp³-hybridized carbons (Fsp3) is 0.409. The van der Waals surface area contributed by atoms with Crippen molar-refractivity contribution in [2.45, 2.75) is 31.1 Å². The summed E-state index contributed by atoms with van der Waals surface area (Å²) in [7, 11) is -3.48. The van der Waals surface area contributed by atoms with E-state index >= 15 is 0 Å². The summed E-state index contributed by atoms with van der Waals surface area (Å²) in [5, 5.41) is 2.98. The number of piperazine rings is 1. The number of rotatable bonds is 5. The van der Waals surface area contributed by atoms with E-state index in [-0.39, 0.29) is 12.5 Å². The fourth-order valence-electron chi connectivity index (χ4n) is 4.04. The van der Waals surface area contributed by atoms with Crippen LogP contribution in [0.2, 0.25) is 0 Å². The summed E-state index contributed by atoms with van der Waals surface area (Å²) in [5.74, 6) is -0.0576. The van der Waals surface area contributed by atoms with Crippen LogP contribution in [0.3, 0.4) is 0 Å². The lowest BCUT2D eigenvalue weighted by Gasteiger charge is -2.33. The zero-order valence-electron chi connectivity index (χ0n) is 16.7. The predicted molar refractivity (Wildman–Crippen MR) is 113 cm³/mol. The fourth-order valence-corrected chi connectivity index (χ4v) is 5.46. The van der Waals surface area contributed by atoms with E-state index in [0.717, 1.165) is 24.1 Å². The molecule has 4 rings (SSSR count). The highest BCUT2D eigenvalue weighted by molar-refractivity contribution is 7.89. The van der Waals surface area contributed by atoms with Gasteiger partial charge in [0.15, 0.2) is 0 Å². The summed E-state index contributed by atoms with van der Waals surface area (Å²) >= 11 is 0. The number of carbonyl (C=O) groups excluding carboxylic acids is 1. The number of benzene rings is 2. The van der Waals surface area contributed by atoms with E-state index in [0.29, 0.717) is 31.1 Å². The van der Waals surface area contributed by atoms with Crippen LogP contribution in [0, 0.1) is 6.92 Å². The molecule has 0 spiro atoms. The molecule has 2 aromatic rings. The third-order valence-electron chi connectivity index (χ3n) is 5.74. The van der Waals surface area contributed by atoms with E-state index in [1.807, 2.05) is 30.0 Å². The van der Waals surface area contributed by atoms with Gasteiger partial charge in [-0.15, -0.1) is 0 Å². The van der Waals surface area contributed by atoms with Gasteiger partial charge in [-0.25, -0.2) is 8.42 Å². The van der Waals surface area contributed by atoms with Gasteiger partial charge in [0, 0.05) is 31.9 Å². The number of carbonyl (C=O) groups is 1. The van der Waals surface area contributed by atoms with Crippen molar-refractivity contribution in [2.24, 2.45) is 0 Å². The summed E-state index contributed by atoms with van der Waals surface area (Å²) in [5.41, 5.74) is 4.59. The zero-order chi connectivity index (χ0) is 20.4. The molecule has 2 aromatic carbocycles. The van der Waals surface area contributed by atoms with Crippen LogP contribution in [0.4, 0.5) is 5.69 Å². The second-order valence-electron chi connectivity index (χ2n) is 7.88. The van der Waals surface area contributed by atoms with Gasteiger partial charge in [0.2, 0.25) is 15.9 Å². The number of sulfonamides is 1. The zero-order valence-corrected chi connectivity index (χ0v) is 17.5. The molecule has 0 bridgehead atoms. The lowest BCUT2D eigenvalue weighted by atomic mass is 10.1. The average molecular weight is 414 g/mol. The molecule has 1 aliphatic carbocycles. The molecule has 1 heterocycles. The van der Waals surface area contributed by atoms with Crippen LogP contribution in [0.1, 0.15) is 23.1 Å². The Hall–Kier alpha value is -2.22. The number of aryl methyl sites for hydroxylation is 3. The second-order valence-corrected chi connectivity index (χ2v) is 9.82. The van der Waals surface area contributed by atoms with Crippen LogP contribution in [0.25, 0.3) is 0 Å². The lowest BCUT2D eigenvalue weighted by Crippen LogP contribution is -2.50. The first kappa shape index (κ1) is 20.1. The molecule has 0 unspecified atom stereocenters. The number of hydrogen-bond acceptors (Lipinski definition) is 4. The largest absolute Gasteiger partial charge is 0.325 e. The van der Waals surface area contributed by atoms with Crippen molar-refractivity contribution >= 4 is 21.6 Å². The molecule has 0 atom stereocenters. The Kier molecular flexibility index (Phi) is 5.72. The van der Waals surface area contributed by atoms with Gasteiger partial charge in [0.25, 0.3) is 0 Å². The first-order chi connectivity index (χ1) is 13.9. The van der Waals surface area contributed by atoms with Gasteiger partial charge in [-0.3, -0.25) is 9.69 Å². The molecule has 0 radical (unpaired) electrons. The van der Waals surface area contributed by atoms with Gasteiger partial charge in [-0.2, -0.15) is 4.31 Å². The molecule has 2 aliphatic rings. The number of nitrogens with zero attached hydrogens (tertiary/aromatic N) is 2. The Morgan fingerprint density at radius 3 is 2.38 bits per heavy atom. The maximum Gasteiger partial charge on any atom is 0.243 e. The normalized spacial score (nSPS) is 17.8. The van der Waals surface area contributed by atoms with Crippen molar-refractivity contribution in [1.29, 1.82) is 0 Å². The Bertz CT molecular complexity index is 994. The molecule has 1 fully saturated rings. The third-order valence-corrected chi connectivity index (χ3v) is 7.65. The maximum atomic E-state index is 12.8. The summed E-state index contributed by atoms with van der Waals surface area (Å²) in [6.07, 6.45) is 3.39. The number of nitrogens with one attached hydrogen (secondary N) is 1. The van der Waals surface area contributed by atoms with Gasteiger partial charge in [-0.1, -0.05) is 23.8 Å². The first-order valence-electron chi connectivity index (χ1n) is 10.1. The monoisotopic (exact) mass is 413 g/mol. The van der Waals surface area contributed by atoms with Crippen LogP contribution in [0.15, 0.2) is 47.4 Å². The van der Waals surface area contributed by atoms with Crippen molar-refractivity contribution in [1.82, 2.24) is 9.21 Å². The van der Waals surface area contributed by atoms with Gasteiger partial charge < -0.3 is 5.32 Å². The molecule has 1 amide bonds. The molecule has 0 saturated carbocycles. The molecule has 7 heteroatoms. The molecule has 1 aliphatic heterocycles. The average Bonchev–Trinajstić information content (AvgIpc) is 3.16. The second kappa shape index (κ2) is 8.26. The van der Waals surface area contributed by atoms with Crippen LogP contribution >= 0.6 is 0 Å². The number of hydrogen-bond donors (Lipinski definition) is 1. The highest BCUT2D eigenvalue weighted by atomic mass is 32.2. The van der Waals surface area contributed by atoms with Gasteiger partial charge in [0.1, 0.15) is 0 Å². The quantitative estimate of drug-likeness (QED) is 0.817. The first-order valence-corrected chi connectivity index (χ1v) is 11.6. The standard InChI is InChI=1S/C22H27N3O3S/c1-17-5-9-21(10-6-17)29(27,28)25-13-11-24(12-14-25)16-22(26)23-20-8-7-18-3-2-4-19(18)15-20/h5-10,15H,2-4,11-14,16H2,1H3,(H,23,26). The van der Waals surface area contributed by atoms with Crippen molar-refractivity contribution < 1.29 is 13.2 Å². The minimum absolute atomic E-state index is 0.0576. The Balaban J connectivity index is 1.30. The van der Waals surface area contributed by atoms with Crippen molar-refractivity contribution in [3.05, 3.63) is 59.2 Å². The Labute approximate surface area is 172 Å². The van der Waals surface area contributed by atoms with Crippen LogP contribution in [-0.4, -0.2) is 56.3 Å². The highest BCUT2D eigenvalue weighted by Gasteiger charge is 2.29. The van der Waals surface area contributed by atoms with E-state index in [1.54, 1.807) is 12.1 Å². The third kappa shape index (κ3) is 4.52. The SMILES string of the molecule is Cc1ccc(S(=O)(=O)N2CCN(CC(=O)Nc3ccc4c(c3)CCC4)CC2)cc1. The number of anilines is 1. The van der Waals surface area contributed by atoms with E-state index in [4.69, 9.17) is 0 Å². The molecule has 1 N–H and O–H groups in total. The smallest absolute Gasteiger partial charge is 0.243 e. The van der Waals surface area contributed by atoms with Crippen LogP contribution < -0.4 is 5.32 Å². The van der Waals surface area contributed by atoms with E-state index in [2.05, 4.69) is 17.4 Å². The minimum atomic E-state index is -3.48. The van der Waals surface area contributed by atoms with E-state index < -0.39 is 10.0 Å². The number of fused-ring (bicyclic) bond motifs is 1. The minimum Gasteiger partial charge on any atom is -0.325 e. The van der Waals surface area contributed by atoms with Crippen molar-refractivity contribution in [3.8, 4) is 0 Å². The van der Waals surface area contributed by atoms with Crippen molar-refractivity contribution in [2.75, 3.05) is 38.0 Å². The van der Waals surface area contributed by atoms with E-state index in [9.17, 15) is 13.2 Å². The number of amides is 1. The molecular formula is C22H27N3O3S. The van der Waals surface area contributed by atoms with Gasteiger partial charge >= 0.3 is 0 Å². The molecule has 6 nitrogen and oxygen atoms in total. The topological polar surface area (TPSA) is 69.7 Å². The molecule has 1 saturated heterocycles. The highest BCUT2D eigenvalue weighted by Crippen LogP contribution is 2.25. The Morgan fingerprint density at radius 2 is 1.66 bits per heavy atom. The maximum absolute atomic E-state index is 12.8. The van der Waals surface area contributed by atoms with Crippen LogP contribution in [-0.2, 0) is 27.7 Å². The van der Waals surface area contributed by atoms with E-state index in [1.165, 1.54) is 21.9 Å². The van der Waals surface area contributed by atoms with Gasteiger partial charge in [0.05, 0.1) is 11.4 Å². The van der Waals surface area contributed by atoms with Gasteiger partial charge in [-0.05, 0) is 61.6 Å². The predicted octanol–water partition coefficient (Wildman–Crippen LogP) is 2.43. The molecule has 154 valence electrons. The van der Waals surface area contributed by atoms with Crippen LogP contribution in [0.5, 0.6) is 0 Å². The summed E-state index contributed by atoms with van der Waals surface area (Å²) < 4.78 is 27.1. The lowest BCUT2D eigenvalue weighted by molar-refractivity contribution is -0.117. The van der Waals surface area contributed by atoms with Crippen molar-refractivity contribution in [3.63, 3.8) is 0 Å². The molecule has 29 heavy (non-hydrogen) atoms. The Morgan fingerprint density at radius 1 is 0.966 bits per heavy atom.